The number of nitrogens with one attached hydrogen (secondary N) is 1. The van der Waals surface area contributed by atoms with E-state index in [9.17, 15) is 4.39 Å². The highest BCUT2D eigenvalue weighted by molar-refractivity contribution is 9.10. The molecular weight excluding hydrogens is 287 g/mol. The second-order valence-corrected chi connectivity index (χ2v) is 4.64. The average Bonchev–Trinajstić information content (AvgIpc) is 2.70. The molecule has 0 aliphatic rings. The molecule has 1 aromatic carbocycles. The number of halogens is 2. The fraction of sp³-hybridized carbons (Fsp3) is 0.250. The SMILES string of the molecule is Cc1cc(CNCc2ccc(Br)c(F)c2)no1. The summed E-state index contributed by atoms with van der Waals surface area (Å²) in [6, 6.07) is 6.95. The standard InChI is InChI=1S/C12H12BrFN2O/c1-8-4-10(16-17-8)7-15-6-9-2-3-11(13)12(14)5-9/h2-5,15H,6-7H2,1H3. The maximum Gasteiger partial charge on any atom is 0.137 e. The van der Waals surface area contributed by atoms with E-state index >= 15 is 0 Å². The van der Waals surface area contributed by atoms with Crippen molar-refractivity contribution in [2.24, 2.45) is 0 Å². The van der Waals surface area contributed by atoms with E-state index in [0.29, 0.717) is 17.6 Å². The molecule has 0 radical (unpaired) electrons. The maximum absolute atomic E-state index is 13.2. The average molecular weight is 299 g/mol. The van der Waals surface area contributed by atoms with Gasteiger partial charge < -0.3 is 9.84 Å². The molecule has 90 valence electrons. The quantitative estimate of drug-likeness (QED) is 0.942. The molecule has 0 aliphatic heterocycles. The molecule has 0 saturated heterocycles. The Morgan fingerprint density at radius 2 is 2.18 bits per heavy atom. The fourth-order valence-electron chi connectivity index (χ4n) is 1.49. The molecule has 2 aromatic rings. The molecule has 2 rings (SSSR count). The van der Waals surface area contributed by atoms with Crippen molar-refractivity contribution in [2.45, 2.75) is 20.0 Å². The second-order valence-electron chi connectivity index (χ2n) is 3.78. The first kappa shape index (κ1) is 12.3. The molecule has 0 amide bonds. The minimum atomic E-state index is -0.249. The van der Waals surface area contributed by atoms with Crippen LogP contribution in [0.2, 0.25) is 0 Å². The Bertz CT molecular complexity index is 513. The Hall–Kier alpha value is -1.20. The zero-order valence-electron chi connectivity index (χ0n) is 9.34. The van der Waals surface area contributed by atoms with Crippen molar-refractivity contribution in [2.75, 3.05) is 0 Å². The third-order valence-electron chi connectivity index (χ3n) is 2.30. The van der Waals surface area contributed by atoms with Crippen molar-refractivity contribution >= 4 is 15.9 Å². The van der Waals surface area contributed by atoms with E-state index in [1.54, 1.807) is 6.07 Å². The minimum absolute atomic E-state index is 0.249. The van der Waals surface area contributed by atoms with Gasteiger partial charge in [-0.05, 0) is 40.5 Å². The van der Waals surface area contributed by atoms with Gasteiger partial charge in [0.2, 0.25) is 0 Å². The highest BCUT2D eigenvalue weighted by atomic mass is 79.9. The Morgan fingerprint density at radius 1 is 1.35 bits per heavy atom. The Labute approximate surface area is 107 Å². The number of benzene rings is 1. The van der Waals surface area contributed by atoms with Crippen molar-refractivity contribution in [3.05, 3.63) is 51.6 Å². The van der Waals surface area contributed by atoms with Gasteiger partial charge in [0.1, 0.15) is 11.6 Å². The Balaban J connectivity index is 1.87. The topological polar surface area (TPSA) is 38.1 Å². The van der Waals surface area contributed by atoms with Gasteiger partial charge in [0.15, 0.2) is 0 Å². The van der Waals surface area contributed by atoms with Gasteiger partial charge in [-0.2, -0.15) is 0 Å². The van der Waals surface area contributed by atoms with Gasteiger partial charge in [0.05, 0.1) is 10.2 Å². The van der Waals surface area contributed by atoms with E-state index in [-0.39, 0.29) is 5.82 Å². The van der Waals surface area contributed by atoms with E-state index in [1.807, 2.05) is 19.1 Å². The maximum atomic E-state index is 13.2. The highest BCUT2D eigenvalue weighted by Crippen LogP contribution is 2.16. The van der Waals surface area contributed by atoms with Crippen LogP contribution in [0.4, 0.5) is 4.39 Å². The fourth-order valence-corrected chi connectivity index (χ4v) is 1.73. The molecular formula is C12H12BrFN2O. The molecule has 5 heteroatoms. The van der Waals surface area contributed by atoms with Crippen molar-refractivity contribution < 1.29 is 8.91 Å². The summed E-state index contributed by atoms with van der Waals surface area (Å²) in [6.45, 7) is 3.05. The van der Waals surface area contributed by atoms with Crippen LogP contribution in [0.15, 0.2) is 33.3 Å². The van der Waals surface area contributed by atoms with Gasteiger partial charge in [-0.25, -0.2) is 4.39 Å². The number of hydrogen-bond acceptors (Lipinski definition) is 3. The molecule has 0 bridgehead atoms. The molecule has 17 heavy (non-hydrogen) atoms. The van der Waals surface area contributed by atoms with E-state index in [4.69, 9.17) is 4.52 Å². The van der Waals surface area contributed by atoms with Crippen LogP contribution >= 0.6 is 15.9 Å². The smallest absolute Gasteiger partial charge is 0.137 e. The Kier molecular flexibility index (Phi) is 3.91. The van der Waals surface area contributed by atoms with Crippen LogP contribution in [0.1, 0.15) is 17.0 Å². The van der Waals surface area contributed by atoms with E-state index in [2.05, 4.69) is 26.4 Å². The molecule has 0 aliphatic carbocycles. The summed E-state index contributed by atoms with van der Waals surface area (Å²) in [6.07, 6.45) is 0. The van der Waals surface area contributed by atoms with Crippen molar-refractivity contribution in [3.63, 3.8) is 0 Å². The van der Waals surface area contributed by atoms with Gasteiger partial charge in [-0.3, -0.25) is 0 Å². The summed E-state index contributed by atoms with van der Waals surface area (Å²) in [7, 11) is 0. The lowest BCUT2D eigenvalue weighted by atomic mass is 10.2. The van der Waals surface area contributed by atoms with Crippen LogP contribution in [0.5, 0.6) is 0 Å². The van der Waals surface area contributed by atoms with Gasteiger partial charge in [0, 0.05) is 19.2 Å². The van der Waals surface area contributed by atoms with Crippen LogP contribution in [-0.2, 0) is 13.1 Å². The zero-order valence-corrected chi connectivity index (χ0v) is 10.9. The number of aromatic nitrogens is 1. The van der Waals surface area contributed by atoms with E-state index in [0.717, 1.165) is 17.0 Å². The van der Waals surface area contributed by atoms with Crippen LogP contribution in [-0.4, -0.2) is 5.16 Å². The van der Waals surface area contributed by atoms with Gasteiger partial charge in [-0.15, -0.1) is 0 Å². The summed E-state index contributed by atoms with van der Waals surface area (Å²) < 4.78 is 18.7. The molecule has 0 spiro atoms. The van der Waals surface area contributed by atoms with E-state index in [1.165, 1.54) is 6.07 Å². The number of aryl methyl sites for hydroxylation is 1. The highest BCUT2D eigenvalue weighted by Gasteiger charge is 2.02. The van der Waals surface area contributed by atoms with Crippen LogP contribution in [0, 0.1) is 12.7 Å². The van der Waals surface area contributed by atoms with Crippen LogP contribution in [0.3, 0.4) is 0 Å². The van der Waals surface area contributed by atoms with Crippen molar-refractivity contribution in [1.82, 2.24) is 10.5 Å². The summed E-state index contributed by atoms with van der Waals surface area (Å²) in [5.41, 5.74) is 1.74. The molecule has 0 fully saturated rings. The third kappa shape index (κ3) is 3.38. The number of rotatable bonds is 4. The van der Waals surface area contributed by atoms with Crippen molar-refractivity contribution in [3.8, 4) is 0 Å². The number of hydrogen-bond donors (Lipinski definition) is 1. The first-order valence-electron chi connectivity index (χ1n) is 5.22. The lowest BCUT2D eigenvalue weighted by Crippen LogP contribution is -2.12. The molecule has 0 unspecified atom stereocenters. The number of nitrogens with zero attached hydrogens (tertiary/aromatic N) is 1. The summed E-state index contributed by atoms with van der Waals surface area (Å²) >= 11 is 3.12. The lowest BCUT2D eigenvalue weighted by Gasteiger charge is -2.03. The summed E-state index contributed by atoms with van der Waals surface area (Å²) in [5, 5.41) is 7.03. The molecule has 1 aromatic heterocycles. The molecule has 3 nitrogen and oxygen atoms in total. The zero-order chi connectivity index (χ0) is 12.3. The second kappa shape index (κ2) is 5.42. The molecule has 1 heterocycles. The predicted molar refractivity (Wildman–Crippen MR) is 65.9 cm³/mol. The van der Waals surface area contributed by atoms with Gasteiger partial charge in [-0.1, -0.05) is 11.2 Å². The lowest BCUT2D eigenvalue weighted by molar-refractivity contribution is 0.388. The van der Waals surface area contributed by atoms with Crippen molar-refractivity contribution in [1.29, 1.82) is 0 Å². The minimum Gasteiger partial charge on any atom is -0.361 e. The third-order valence-corrected chi connectivity index (χ3v) is 2.94. The first-order chi connectivity index (χ1) is 8.15. The van der Waals surface area contributed by atoms with Gasteiger partial charge >= 0.3 is 0 Å². The molecule has 0 atom stereocenters. The monoisotopic (exact) mass is 298 g/mol. The van der Waals surface area contributed by atoms with Gasteiger partial charge in [0.25, 0.3) is 0 Å². The predicted octanol–water partition coefficient (Wildman–Crippen LogP) is 3.17. The normalized spacial score (nSPS) is 10.8. The largest absolute Gasteiger partial charge is 0.361 e. The van der Waals surface area contributed by atoms with Crippen LogP contribution < -0.4 is 5.32 Å². The molecule has 1 N–H and O–H groups in total. The summed E-state index contributed by atoms with van der Waals surface area (Å²) in [4.78, 5) is 0. The van der Waals surface area contributed by atoms with E-state index < -0.39 is 0 Å². The Morgan fingerprint density at radius 3 is 2.82 bits per heavy atom. The molecule has 0 saturated carbocycles. The first-order valence-corrected chi connectivity index (χ1v) is 6.01. The summed E-state index contributed by atoms with van der Waals surface area (Å²) in [5.74, 6) is 0.540. The van der Waals surface area contributed by atoms with Crippen LogP contribution in [0.25, 0.3) is 0 Å².